The molecule has 0 aromatic heterocycles. The second-order valence-corrected chi connectivity index (χ2v) is 5.83. The summed E-state index contributed by atoms with van der Waals surface area (Å²) >= 11 is 12.6. The van der Waals surface area contributed by atoms with Gasteiger partial charge < -0.3 is 14.6 Å². The molecule has 0 aliphatic heterocycles. The number of hydrogen-bond donors (Lipinski definition) is 2. The van der Waals surface area contributed by atoms with Gasteiger partial charge in [0, 0.05) is 5.56 Å². The zero-order chi connectivity index (χ0) is 19.1. The first-order valence-corrected chi connectivity index (χ1v) is 8.63. The lowest BCUT2D eigenvalue weighted by Gasteiger charge is -2.15. The van der Waals surface area contributed by atoms with Crippen LogP contribution in [0.5, 0.6) is 11.5 Å². The first kappa shape index (κ1) is 19.9. The molecule has 26 heavy (non-hydrogen) atoms. The predicted molar refractivity (Wildman–Crippen MR) is 103 cm³/mol. The topological polar surface area (TPSA) is 80.2 Å². The quantitative estimate of drug-likeness (QED) is 0.488. The highest BCUT2D eigenvalue weighted by Crippen LogP contribution is 2.42. The van der Waals surface area contributed by atoms with E-state index in [2.05, 4.69) is 10.5 Å². The maximum Gasteiger partial charge on any atom is 0.335 e. The van der Waals surface area contributed by atoms with Gasteiger partial charge in [-0.3, -0.25) is 5.43 Å². The Kier molecular flexibility index (Phi) is 7.12. The van der Waals surface area contributed by atoms with E-state index in [1.165, 1.54) is 18.3 Å². The van der Waals surface area contributed by atoms with Crippen molar-refractivity contribution >= 4 is 41.1 Å². The fourth-order valence-electron chi connectivity index (χ4n) is 2.16. The summed E-state index contributed by atoms with van der Waals surface area (Å²) in [5.41, 5.74) is 4.02. The summed E-state index contributed by atoms with van der Waals surface area (Å²) in [6.45, 7) is 4.49. The molecule has 0 unspecified atom stereocenters. The van der Waals surface area contributed by atoms with Crippen LogP contribution >= 0.6 is 23.2 Å². The molecule has 138 valence electrons. The fraction of sp³-hybridized carbons (Fsp3) is 0.222. The molecule has 0 fully saturated rings. The van der Waals surface area contributed by atoms with Crippen molar-refractivity contribution in [2.75, 3.05) is 18.6 Å². The lowest BCUT2D eigenvalue weighted by Crippen LogP contribution is -2.02. The van der Waals surface area contributed by atoms with Crippen molar-refractivity contribution in [2.45, 2.75) is 13.8 Å². The van der Waals surface area contributed by atoms with Gasteiger partial charge in [-0.2, -0.15) is 5.10 Å². The largest absolute Gasteiger partial charge is 0.491 e. The van der Waals surface area contributed by atoms with E-state index in [4.69, 9.17) is 37.8 Å². The zero-order valence-corrected chi connectivity index (χ0v) is 15.8. The van der Waals surface area contributed by atoms with Gasteiger partial charge >= 0.3 is 5.97 Å². The van der Waals surface area contributed by atoms with Crippen molar-refractivity contribution in [1.29, 1.82) is 0 Å². The van der Waals surface area contributed by atoms with Crippen LogP contribution in [0, 0.1) is 0 Å². The standard InChI is InChI=1S/C18H18Cl2N2O4/c1-3-25-16-12(9-14(19)17(15(16)20)26-4-2)10-21-22-13-7-5-6-11(8-13)18(23)24/h5-10,22H,3-4H2,1-2H3,(H,23,24). The lowest BCUT2D eigenvalue weighted by molar-refractivity contribution is 0.0697. The second-order valence-electron chi connectivity index (χ2n) is 5.04. The molecule has 0 bridgehead atoms. The average molecular weight is 397 g/mol. The Labute approximate surface area is 161 Å². The van der Waals surface area contributed by atoms with Crippen LogP contribution < -0.4 is 14.9 Å². The molecule has 0 spiro atoms. The van der Waals surface area contributed by atoms with Crippen LogP contribution in [0.4, 0.5) is 5.69 Å². The fourth-order valence-corrected chi connectivity index (χ4v) is 2.80. The summed E-state index contributed by atoms with van der Waals surface area (Å²) in [5.74, 6) is -0.244. The Bertz CT molecular complexity index is 825. The lowest BCUT2D eigenvalue weighted by atomic mass is 10.2. The van der Waals surface area contributed by atoms with Crippen molar-refractivity contribution in [3.05, 3.63) is 51.5 Å². The molecule has 8 heteroatoms. The second kappa shape index (κ2) is 9.31. The number of anilines is 1. The van der Waals surface area contributed by atoms with Gasteiger partial charge in [0.25, 0.3) is 0 Å². The van der Waals surface area contributed by atoms with E-state index in [-0.39, 0.29) is 10.6 Å². The third-order valence-electron chi connectivity index (χ3n) is 3.24. The molecule has 2 N–H and O–H groups in total. The number of nitrogens with zero attached hydrogens (tertiary/aromatic N) is 1. The molecule has 0 saturated heterocycles. The molecule has 0 saturated carbocycles. The smallest absolute Gasteiger partial charge is 0.335 e. The highest BCUT2D eigenvalue weighted by atomic mass is 35.5. The molecule has 0 heterocycles. The Hall–Kier alpha value is -2.44. The van der Waals surface area contributed by atoms with Crippen molar-refractivity contribution in [2.24, 2.45) is 5.10 Å². The first-order chi connectivity index (χ1) is 12.5. The number of carboxylic acids is 1. The van der Waals surface area contributed by atoms with Crippen molar-refractivity contribution in [1.82, 2.24) is 0 Å². The Morgan fingerprint density at radius 1 is 1.19 bits per heavy atom. The summed E-state index contributed by atoms with van der Waals surface area (Å²) in [7, 11) is 0. The van der Waals surface area contributed by atoms with Gasteiger partial charge in [0.15, 0.2) is 11.5 Å². The summed E-state index contributed by atoms with van der Waals surface area (Å²) in [4.78, 5) is 11.0. The monoisotopic (exact) mass is 396 g/mol. The normalized spacial score (nSPS) is 10.8. The van der Waals surface area contributed by atoms with Gasteiger partial charge in [-0.1, -0.05) is 29.3 Å². The van der Waals surface area contributed by atoms with E-state index >= 15 is 0 Å². The number of rotatable bonds is 8. The number of nitrogens with one attached hydrogen (secondary N) is 1. The van der Waals surface area contributed by atoms with Crippen LogP contribution in [-0.2, 0) is 0 Å². The van der Waals surface area contributed by atoms with E-state index in [1.54, 1.807) is 18.2 Å². The Morgan fingerprint density at radius 3 is 2.54 bits per heavy atom. The molecule has 0 aliphatic rings. The van der Waals surface area contributed by atoms with Crippen LogP contribution in [0.2, 0.25) is 10.0 Å². The number of hydrazone groups is 1. The van der Waals surface area contributed by atoms with Crippen LogP contribution in [-0.4, -0.2) is 30.5 Å². The number of benzene rings is 2. The van der Waals surface area contributed by atoms with E-state index in [1.807, 2.05) is 13.8 Å². The van der Waals surface area contributed by atoms with Gasteiger partial charge in [0.2, 0.25) is 0 Å². The van der Waals surface area contributed by atoms with E-state index < -0.39 is 5.97 Å². The molecule has 6 nitrogen and oxygen atoms in total. The Morgan fingerprint density at radius 2 is 1.88 bits per heavy atom. The minimum atomic E-state index is -1.01. The molecule has 2 aromatic carbocycles. The number of halogens is 2. The SMILES string of the molecule is CCOc1c(Cl)cc(C=NNc2cccc(C(=O)O)c2)c(OCC)c1Cl. The summed E-state index contributed by atoms with van der Waals surface area (Å²) in [6.07, 6.45) is 1.49. The summed E-state index contributed by atoms with van der Waals surface area (Å²) < 4.78 is 11.1. The Balaban J connectivity index is 2.29. The molecule has 0 amide bonds. The maximum absolute atomic E-state index is 11.0. The van der Waals surface area contributed by atoms with Crippen molar-refractivity contribution in [3.63, 3.8) is 0 Å². The highest BCUT2D eigenvalue weighted by Gasteiger charge is 2.17. The van der Waals surface area contributed by atoms with Crippen molar-refractivity contribution < 1.29 is 19.4 Å². The highest BCUT2D eigenvalue weighted by molar-refractivity contribution is 6.38. The molecular weight excluding hydrogens is 379 g/mol. The molecule has 0 radical (unpaired) electrons. The zero-order valence-electron chi connectivity index (χ0n) is 14.3. The van der Waals surface area contributed by atoms with Gasteiger partial charge in [0.05, 0.1) is 35.7 Å². The predicted octanol–water partition coefficient (Wildman–Crippen LogP) is 4.94. The minimum Gasteiger partial charge on any atom is -0.491 e. The number of carbonyl (C=O) groups is 1. The number of ether oxygens (including phenoxy) is 2. The van der Waals surface area contributed by atoms with E-state index in [9.17, 15) is 4.79 Å². The van der Waals surface area contributed by atoms with E-state index in [0.29, 0.717) is 41.0 Å². The average Bonchev–Trinajstić information content (AvgIpc) is 2.62. The third-order valence-corrected chi connectivity index (χ3v) is 3.87. The van der Waals surface area contributed by atoms with Crippen LogP contribution in [0.1, 0.15) is 29.8 Å². The molecule has 2 aromatic rings. The maximum atomic E-state index is 11.0. The third kappa shape index (κ3) is 4.80. The van der Waals surface area contributed by atoms with Gasteiger partial charge in [0.1, 0.15) is 5.02 Å². The van der Waals surface area contributed by atoms with Gasteiger partial charge in [-0.25, -0.2) is 4.79 Å². The molecular formula is C18H18Cl2N2O4. The van der Waals surface area contributed by atoms with Crippen molar-refractivity contribution in [3.8, 4) is 11.5 Å². The summed E-state index contributed by atoms with van der Waals surface area (Å²) in [6, 6.07) is 7.93. The van der Waals surface area contributed by atoms with Crippen LogP contribution in [0.15, 0.2) is 35.4 Å². The molecule has 2 rings (SSSR count). The molecule has 0 aliphatic carbocycles. The van der Waals surface area contributed by atoms with Gasteiger partial charge in [-0.15, -0.1) is 0 Å². The number of hydrogen-bond acceptors (Lipinski definition) is 5. The van der Waals surface area contributed by atoms with Crippen LogP contribution in [0.3, 0.4) is 0 Å². The number of carboxylic acid groups (broad SMARTS) is 1. The molecule has 0 atom stereocenters. The minimum absolute atomic E-state index is 0.160. The number of aromatic carboxylic acids is 1. The first-order valence-electron chi connectivity index (χ1n) is 7.87. The van der Waals surface area contributed by atoms with Crippen LogP contribution in [0.25, 0.3) is 0 Å². The van der Waals surface area contributed by atoms with E-state index in [0.717, 1.165) is 0 Å². The summed E-state index contributed by atoms with van der Waals surface area (Å²) in [5, 5.41) is 13.7. The van der Waals surface area contributed by atoms with Gasteiger partial charge in [-0.05, 0) is 38.1 Å².